The zero-order valence-electron chi connectivity index (χ0n) is 19.2. The third kappa shape index (κ3) is 3.64. The van der Waals surface area contributed by atoms with Crippen molar-refractivity contribution in [1.82, 2.24) is 14.7 Å². The standard InChI is InChI=1S/C27H30FN3O/c1-18-8-7-9-19(12-18)31-24(13-23(29-31)21-10-5-6-11-22(21)28)25(32)30-17-27(4)15-20(30)14-26(2,3)16-27/h5-13,20H,14-17H2,1-4H3. The lowest BCUT2D eigenvalue weighted by Gasteiger charge is -2.39. The van der Waals surface area contributed by atoms with Crippen LogP contribution in [0.4, 0.5) is 4.39 Å². The van der Waals surface area contributed by atoms with Crippen molar-refractivity contribution >= 4 is 5.91 Å². The van der Waals surface area contributed by atoms with Crippen LogP contribution < -0.4 is 0 Å². The van der Waals surface area contributed by atoms with Gasteiger partial charge in [0, 0.05) is 18.2 Å². The molecule has 1 amide bonds. The fourth-order valence-corrected chi connectivity index (χ4v) is 6.14. The number of amides is 1. The molecule has 1 aliphatic carbocycles. The number of fused-ring (bicyclic) bond motifs is 2. The molecule has 3 aromatic rings. The monoisotopic (exact) mass is 431 g/mol. The number of carbonyl (C=O) groups is 1. The van der Waals surface area contributed by atoms with Crippen LogP contribution in [0.25, 0.3) is 16.9 Å². The van der Waals surface area contributed by atoms with Crippen LogP contribution in [0.5, 0.6) is 0 Å². The number of hydrogen-bond acceptors (Lipinski definition) is 2. The van der Waals surface area contributed by atoms with E-state index >= 15 is 0 Å². The highest BCUT2D eigenvalue weighted by molar-refractivity contribution is 5.95. The van der Waals surface area contributed by atoms with E-state index in [1.165, 1.54) is 6.07 Å². The number of aryl methyl sites for hydroxylation is 1. The predicted octanol–water partition coefficient (Wildman–Crippen LogP) is 6.03. The smallest absolute Gasteiger partial charge is 0.272 e. The Kier molecular flexibility index (Phi) is 4.77. The molecule has 0 radical (unpaired) electrons. The van der Waals surface area contributed by atoms with E-state index < -0.39 is 0 Å². The molecular formula is C27H30FN3O. The first-order valence-electron chi connectivity index (χ1n) is 11.4. The van der Waals surface area contributed by atoms with Crippen LogP contribution in [-0.2, 0) is 0 Å². The number of nitrogens with zero attached hydrogens (tertiary/aromatic N) is 3. The number of hydrogen-bond donors (Lipinski definition) is 0. The Balaban J connectivity index is 1.60. The molecule has 2 aromatic carbocycles. The van der Waals surface area contributed by atoms with Gasteiger partial charge < -0.3 is 4.90 Å². The lowest BCUT2D eigenvalue weighted by Crippen LogP contribution is -2.38. The SMILES string of the molecule is Cc1cccc(-n2nc(-c3ccccc3F)cc2C(=O)N2CC3(C)CC2CC(C)(C)C3)c1. The van der Waals surface area contributed by atoms with Gasteiger partial charge in [0.15, 0.2) is 0 Å². The Morgan fingerprint density at radius 2 is 1.84 bits per heavy atom. The summed E-state index contributed by atoms with van der Waals surface area (Å²) in [6.45, 7) is 9.68. The maximum Gasteiger partial charge on any atom is 0.272 e. The first-order valence-corrected chi connectivity index (χ1v) is 11.4. The van der Waals surface area contributed by atoms with Crippen molar-refractivity contribution in [3.05, 3.63) is 71.7 Å². The van der Waals surface area contributed by atoms with Gasteiger partial charge in [-0.15, -0.1) is 0 Å². The molecule has 0 spiro atoms. The van der Waals surface area contributed by atoms with Gasteiger partial charge in [0.05, 0.1) is 11.4 Å². The van der Waals surface area contributed by atoms with E-state index in [1.54, 1.807) is 28.9 Å². The number of halogens is 1. The number of likely N-dealkylation sites (tertiary alicyclic amines) is 1. The van der Waals surface area contributed by atoms with E-state index in [0.29, 0.717) is 17.0 Å². The minimum Gasteiger partial charge on any atom is -0.334 e. The van der Waals surface area contributed by atoms with Crippen molar-refractivity contribution in [2.75, 3.05) is 6.54 Å². The van der Waals surface area contributed by atoms with Crippen molar-refractivity contribution in [2.45, 2.75) is 53.0 Å². The van der Waals surface area contributed by atoms with E-state index in [4.69, 9.17) is 5.10 Å². The van der Waals surface area contributed by atoms with Crippen LogP contribution in [0, 0.1) is 23.6 Å². The Labute approximate surface area is 189 Å². The zero-order chi connectivity index (χ0) is 22.7. The van der Waals surface area contributed by atoms with E-state index in [2.05, 4.69) is 20.8 Å². The van der Waals surface area contributed by atoms with Crippen molar-refractivity contribution in [3.63, 3.8) is 0 Å². The summed E-state index contributed by atoms with van der Waals surface area (Å²) in [5.74, 6) is -0.361. The van der Waals surface area contributed by atoms with Crippen molar-refractivity contribution in [3.8, 4) is 16.9 Å². The Morgan fingerprint density at radius 1 is 1.06 bits per heavy atom. The highest BCUT2D eigenvalue weighted by Gasteiger charge is 2.51. The second-order valence-corrected chi connectivity index (χ2v) is 10.8. The molecule has 1 saturated heterocycles. The topological polar surface area (TPSA) is 38.1 Å². The van der Waals surface area contributed by atoms with Gasteiger partial charge in [0.1, 0.15) is 11.5 Å². The first-order chi connectivity index (χ1) is 15.1. The van der Waals surface area contributed by atoms with E-state index in [-0.39, 0.29) is 28.6 Å². The van der Waals surface area contributed by atoms with E-state index in [9.17, 15) is 9.18 Å². The van der Waals surface area contributed by atoms with Crippen molar-refractivity contribution in [2.24, 2.45) is 10.8 Å². The van der Waals surface area contributed by atoms with Crippen molar-refractivity contribution in [1.29, 1.82) is 0 Å². The lowest BCUT2D eigenvalue weighted by molar-refractivity contribution is 0.0699. The molecule has 0 N–H and O–H groups in total. The molecule has 5 heteroatoms. The highest BCUT2D eigenvalue weighted by atomic mass is 19.1. The first kappa shape index (κ1) is 20.9. The minimum absolute atomic E-state index is 0.0204. The zero-order valence-corrected chi connectivity index (χ0v) is 19.2. The number of aromatic nitrogens is 2. The second kappa shape index (κ2) is 7.29. The number of rotatable bonds is 3. The fraction of sp³-hybridized carbons (Fsp3) is 0.407. The maximum absolute atomic E-state index is 14.6. The maximum atomic E-state index is 14.6. The number of carbonyl (C=O) groups excluding carboxylic acids is 1. The molecule has 4 nitrogen and oxygen atoms in total. The van der Waals surface area contributed by atoms with Crippen LogP contribution in [0.2, 0.25) is 0 Å². The lowest BCUT2D eigenvalue weighted by atomic mass is 9.65. The summed E-state index contributed by atoms with van der Waals surface area (Å²) in [5, 5.41) is 4.71. The third-order valence-corrected chi connectivity index (χ3v) is 7.00. The summed E-state index contributed by atoms with van der Waals surface area (Å²) in [4.78, 5) is 16.0. The van der Waals surface area contributed by atoms with Crippen molar-refractivity contribution < 1.29 is 9.18 Å². The summed E-state index contributed by atoms with van der Waals surface area (Å²) in [5.41, 5.74) is 3.62. The largest absolute Gasteiger partial charge is 0.334 e. The summed E-state index contributed by atoms with van der Waals surface area (Å²) in [6.07, 6.45) is 3.17. The summed E-state index contributed by atoms with van der Waals surface area (Å²) in [6, 6.07) is 16.5. The van der Waals surface area contributed by atoms with Crippen LogP contribution >= 0.6 is 0 Å². The summed E-state index contributed by atoms with van der Waals surface area (Å²) < 4.78 is 16.2. The molecule has 1 aliphatic heterocycles. The molecule has 2 heterocycles. The summed E-state index contributed by atoms with van der Waals surface area (Å²) >= 11 is 0. The average Bonchev–Trinajstić information content (AvgIpc) is 3.26. The van der Waals surface area contributed by atoms with Crippen LogP contribution in [0.15, 0.2) is 54.6 Å². The third-order valence-electron chi connectivity index (χ3n) is 7.00. The summed E-state index contributed by atoms with van der Waals surface area (Å²) in [7, 11) is 0. The molecule has 2 unspecified atom stereocenters. The second-order valence-electron chi connectivity index (χ2n) is 10.8. The predicted molar refractivity (Wildman–Crippen MR) is 124 cm³/mol. The van der Waals surface area contributed by atoms with Gasteiger partial charge in [-0.05, 0) is 72.9 Å². The molecule has 1 aromatic heterocycles. The average molecular weight is 432 g/mol. The van der Waals surface area contributed by atoms with Crippen LogP contribution in [0.1, 0.15) is 56.1 Å². The van der Waals surface area contributed by atoms with E-state index in [0.717, 1.165) is 37.1 Å². The molecule has 5 rings (SSSR count). The quantitative estimate of drug-likeness (QED) is 0.508. The molecule has 2 fully saturated rings. The van der Waals surface area contributed by atoms with Crippen LogP contribution in [0.3, 0.4) is 0 Å². The normalized spacial score (nSPS) is 24.0. The Bertz CT molecular complexity index is 1200. The van der Waals surface area contributed by atoms with Crippen LogP contribution in [-0.4, -0.2) is 33.2 Å². The Hall–Kier alpha value is -2.95. The van der Waals surface area contributed by atoms with Gasteiger partial charge >= 0.3 is 0 Å². The van der Waals surface area contributed by atoms with Gasteiger partial charge in [-0.1, -0.05) is 45.0 Å². The minimum atomic E-state index is -0.341. The van der Waals surface area contributed by atoms with Gasteiger partial charge in [-0.25, -0.2) is 9.07 Å². The molecular weight excluding hydrogens is 401 g/mol. The molecule has 2 bridgehead atoms. The number of benzene rings is 2. The van der Waals surface area contributed by atoms with Gasteiger partial charge in [-0.2, -0.15) is 5.10 Å². The molecule has 2 aliphatic rings. The van der Waals surface area contributed by atoms with Gasteiger partial charge in [-0.3, -0.25) is 4.79 Å². The Morgan fingerprint density at radius 3 is 2.59 bits per heavy atom. The fourth-order valence-electron chi connectivity index (χ4n) is 6.14. The molecule has 2 atom stereocenters. The molecule has 1 saturated carbocycles. The molecule has 166 valence electrons. The van der Waals surface area contributed by atoms with Gasteiger partial charge in [0.2, 0.25) is 0 Å². The van der Waals surface area contributed by atoms with E-state index in [1.807, 2.05) is 36.1 Å². The van der Waals surface area contributed by atoms with Gasteiger partial charge in [0.25, 0.3) is 5.91 Å². The highest BCUT2D eigenvalue weighted by Crippen LogP contribution is 2.52. The molecule has 32 heavy (non-hydrogen) atoms.